The van der Waals surface area contributed by atoms with Crippen LogP contribution in [0, 0.1) is 3.57 Å². The first-order chi connectivity index (χ1) is 9.97. The van der Waals surface area contributed by atoms with Gasteiger partial charge in [0.15, 0.2) is 5.69 Å². The molecule has 0 atom stereocenters. The number of phenolic OH excluding ortho intramolecular Hbond substituents is 1. The van der Waals surface area contributed by atoms with E-state index in [0.717, 1.165) is 3.57 Å². The number of benzene rings is 1. The first-order valence-corrected chi connectivity index (χ1v) is 6.95. The molecule has 0 radical (unpaired) electrons. The van der Waals surface area contributed by atoms with Gasteiger partial charge in [-0.15, -0.1) is 5.10 Å². The van der Waals surface area contributed by atoms with Gasteiger partial charge >= 0.3 is 5.97 Å². The van der Waals surface area contributed by atoms with Gasteiger partial charge in [-0.3, -0.25) is 4.79 Å². The molecule has 0 fully saturated rings. The number of aromatic hydroxyl groups is 1. The van der Waals surface area contributed by atoms with E-state index in [1.54, 1.807) is 12.1 Å². The molecule has 1 aromatic heterocycles. The fraction of sp³-hybridized carbons (Fsp3) is 0.167. The van der Waals surface area contributed by atoms with Gasteiger partial charge in [-0.1, -0.05) is 5.21 Å². The van der Waals surface area contributed by atoms with Crippen molar-refractivity contribution in [3.63, 3.8) is 0 Å². The van der Waals surface area contributed by atoms with Crippen LogP contribution >= 0.6 is 22.6 Å². The Balaban J connectivity index is 1.92. The Morgan fingerprint density at radius 2 is 2.14 bits per heavy atom. The molecule has 0 bridgehead atoms. The summed E-state index contributed by atoms with van der Waals surface area (Å²) >= 11 is 2.04. The summed E-state index contributed by atoms with van der Waals surface area (Å²) in [6.45, 7) is 0.503. The molecular weight excluding hydrogens is 391 g/mol. The molecule has 1 heterocycles. The van der Waals surface area contributed by atoms with Crippen molar-refractivity contribution in [2.75, 3.05) is 6.54 Å². The lowest BCUT2D eigenvalue weighted by atomic mass is 10.2. The monoisotopic (exact) mass is 402 g/mol. The Hall–Kier alpha value is -2.17. The van der Waals surface area contributed by atoms with E-state index in [9.17, 15) is 14.7 Å². The summed E-state index contributed by atoms with van der Waals surface area (Å²) in [4.78, 5) is 22.5. The van der Waals surface area contributed by atoms with Crippen LogP contribution in [0.3, 0.4) is 0 Å². The van der Waals surface area contributed by atoms with Gasteiger partial charge in [-0.25, -0.2) is 9.48 Å². The summed E-state index contributed by atoms with van der Waals surface area (Å²) in [5.41, 5.74) is 0.0308. The predicted octanol–water partition coefficient (Wildman–Crippen LogP) is 0.716. The summed E-state index contributed by atoms with van der Waals surface area (Å²) in [5, 5.41) is 28.0. The summed E-state index contributed by atoms with van der Waals surface area (Å²) < 4.78 is 2.15. The molecule has 8 nitrogen and oxygen atoms in total. The molecule has 0 aliphatic carbocycles. The highest BCUT2D eigenvalue weighted by molar-refractivity contribution is 14.1. The second-order valence-corrected chi connectivity index (χ2v) is 5.34. The lowest BCUT2D eigenvalue weighted by Gasteiger charge is -2.07. The van der Waals surface area contributed by atoms with E-state index in [0.29, 0.717) is 0 Å². The summed E-state index contributed by atoms with van der Waals surface area (Å²) in [6, 6.07) is 4.71. The summed E-state index contributed by atoms with van der Waals surface area (Å²) in [5.74, 6) is -1.67. The Bertz CT molecular complexity index is 686. The Morgan fingerprint density at radius 1 is 1.38 bits per heavy atom. The lowest BCUT2D eigenvalue weighted by Crippen LogP contribution is -2.27. The van der Waals surface area contributed by atoms with Crippen LogP contribution in [0.4, 0.5) is 0 Å². The van der Waals surface area contributed by atoms with Gasteiger partial charge in [0.25, 0.3) is 5.91 Å². The van der Waals surface area contributed by atoms with Gasteiger partial charge in [-0.05, 0) is 40.8 Å². The highest BCUT2D eigenvalue weighted by atomic mass is 127. The minimum Gasteiger partial charge on any atom is -0.507 e. The number of aromatic carboxylic acids is 1. The highest BCUT2D eigenvalue weighted by Crippen LogP contribution is 2.19. The minimum atomic E-state index is -1.16. The van der Waals surface area contributed by atoms with E-state index in [1.807, 2.05) is 22.6 Å². The Morgan fingerprint density at radius 3 is 2.81 bits per heavy atom. The molecule has 1 aromatic carbocycles. The molecule has 3 N–H and O–H groups in total. The molecule has 0 unspecified atom stereocenters. The molecule has 110 valence electrons. The largest absolute Gasteiger partial charge is 0.507 e. The van der Waals surface area contributed by atoms with Gasteiger partial charge in [0.05, 0.1) is 18.3 Å². The van der Waals surface area contributed by atoms with Crippen molar-refractivity contribution in [1.82, 2.24) is 20.3 Å². The first kappa shape index (κ1) is 15.2. The third-order valence-electron chi connectivity index (χ3n) is 2.59. The fourth-order valence-corrected chi connectivity index (χ4v) is 2.07. The van der Waals surface area contributed by atoms with Crippen molar-refractivity contribution in [1.29, 1.82) is 0 Å². The van der Waals surface area contributed by atoms with E-state index in [1.165, 1.54) is 16.9 Å². The topological polar surface area (TPSA) is 117 Å². The van der Waals surface area contributed by atoms with Gasteiger partial charge in [0.1, 0.15) is 5.75 Å². The highest BCUT2D eigenvalue weighted by Gasteiger charge is 2.12. The lowest BCUT2D eigenvalue weighted by molar-refractivity contribution is 0.0690. The number of carboxylic acids is 1. The third kappa shape index (κ3) is 3.90. The maximum absolute atomic E-state index is 11.9. The number of halogens is 1. The van der Waals surface area contributed by atoms with Gasteiger partial charge in [0, 0.05) is 10.1 Å². The maximum atomic E-state index is 11.9. The number of amides is 1. The second kappa shape index (κ2) is 6.52. The standard InChI is InChI=1S/C12H11IN4O4/c13-7-1-2-10(18)8(5-7)11(19)14-3-4-17-6-9(12(20)21)15-16-17/h1-2,5-6,18H,3-4H2,(H,14,19)(H,20,21). The van der Waals surface area contributed by atoms with E-state index in [-0.39, 0.29) is 30.1 Å². The van der Waals surface area contributed by atoms with Crippen molar-refractivity contribution in [3.05, 3.63) is 39.2 Å². The summed E-state index contributed by atoms with van der Waals surface area (Å²) in [7, 11) is 0. The molecule has 0 saturated carbocycles. The second-order valence-electron chi connectivity index (χ2n) is 4.09. The van der Waals surface area contributed by atoms with Gasteiger partial charge in [0.2, 0.25) is 0 Å². The predicted molar refractivity (Wildman–Crippen MR) is 80.1 cm³/mol. The molecule has 21 heavy (non-hydrogen) atoms. The zero-order valence-corrected chi connectivity index (χ0v) is 12.8. The molecule has 2 aromatic rings. The summed E-state index contributed by atoms with van der Waals surface area (Å²) in [6.07, 6.45) is 1.28. The average molecular weight is 402 g/mol. The normalized spacial score (nSPS) is 10.3. The van der Waals surface area contributed by atoms with Crippen molar-refractivity contribution in [2.45, 2.75) is 6.54 Å². The number of hydrogen-bond acceptors (Lipinski definition) is 5. The molecule has 0 aliphatic heterocycles. The molecule has 0 spiro atoms. The molecule has 1 amide bonds. The van der Waals surface area contributed by atoms with Crippen LogP contribution < -0.4 is 5.32 Å². The van der Waals surface area contributed by atoms with Gasteiger partial charge < -0.3 is 15.5 Å². The molecule has 9 heteroatoms. The number of aromatic nitrogens is 3. The zero-order chi connectivity index (χ0) is 15.4. The number of carbonyl (C=O) groups excluding carboxylic acids is 1. The fourth-order valence-electron chi connectivity index (χ4n) is 1.58. The smallest absolute Gasteiger partial charge is 0.358 e. The SMILES string of the molecule is O=C(O)c1cn(CCNC(=O)c2cc(I)ccc2O)nn1. The number of carbonyl (C=O) groups is 2. The number of phenols is 1. The van der Waals surface area contributed by atoms with Crippen LogP contribution in [0.5, 0.6) is 5.75 Å². The van der Waals surface area contributed by atoms with Crippen LogP contribution in [-0.2, 0) is 6.54 Å². The van der Waals surface area contributed by atoms with E-state index in [4.69, 9.17) is 5.11 Å². The quantitative estimate of drug-likeness (QED) is 0.635. The van der Waals surface area contributed by atoms with Crippen LogP contribution in [-0.4, -0.2) is 43.6 Å². The number of rotatable bonds is 5. The van der Waals surface area contributed by atoms with Crippen molar-refractivity contribution in [2.24, 2.45) is 0 Å². The molecule has 0 saturated heterocycles. The number of carboxylic acid groups (broad SMARTS) is 1. The maximum Gasteiger partial charge on any atom is 0.358 e. The van der Waals surface area contributed by atoms with Crippen molar-refractivity contribution < 1.29 is 19.8 Å². The van der Waals surface area contributed by atoms with Crippen LogP contribution in [0.15, 0.2) is 24.4 Å². The first-order valence-electron chi connectivity index (χ1n) is 5.87. The Kier molecular flexibility index (Phi) is 4.73. The van der Waals surface area contributed by atoms with Crippen LogP contribution in [0.25, 0.3) is 0 Å². The zero-order valence-electron chi connectivity index (χ0n) is 10.7. The van der Waals surface area contributed by atoms with Gasteiger partial charge in [-0.2, -0.15) is 0 Å². The van der Waals surface area contributed by atoms with E-state index < -0.39 is 11.9 Å². The number of nitrogens with zero attached hydrogens (tertiary/aromatic N) is 3. The molecular formula is C12H11IN4O4. The van der Waals surface area contributed by atoms with Crippen LogP contribution in [0.1, 0.15) is 20.8 Å². The number of nitrogens with one attached hydrogen (secondary N) is 1. The molecule has 0 aliphatic rings. The number of hydrogen-bond donors (Lipinski definition) is 3. The third-order valence-corrected chi connectivity index (χ3v) is 3.26. The Labute approximate surface area is 132 Å². The van der Waals surface area contributed by atoms with Crippen molar-refractivity contribution in [3.8, 4) is 5.75 Å². The average Bonchev–Trinajstić information content (AvgIpc) is 2.90. The van der Waals surface area contributed by atoms with Crippen LogP contribution in [0.2, 0.25) is 0 Å². The van der Waals surface area contributed by atoms with E-state index in [2.05, 4.69) is 15.6 Å². The van der Waals surface area contributed by atoms with Crippen molar-refractivity contribution >= 4 is 34.5 Å². The molecule has 2 rings (SSSR count). The minimum absolute atomic E-state index is 0.0955. The van der Waals surface area contributed by atoms with E-state index >= 15 is 0 Å².